The Morgan fingerprint density at radius 2 is 1.75 bits per heavy atom. The van der Waals surface area contributed by atoms with Crippen molar-refractivity contribution in [3.05, 3.63) is 93.4 Å². The summed E-state index contributed by atoms with van der Waals surface area (Å²) in [6, 6.07) is 15.1. The highest BCUT2D eigenvalue weighted by molar-refractivity contribution is 7.98. The largest absolute Gasteiger partial charge is 0.420 e. The predicted octanol–water partition coefficient (Wildman–Crippen LogP) is 3.83. The monoisotopic (exact) mass is 511 g/mol. The van der Waals surface area contributed by atoms with Gasteiger partial charge in [0, 0.05) is 29.8 Å². The van der Waals surface area contributed by atoms with E-state index >= 15 is 0 Å². The Morgan fingerprint density at radius 1 is 1.06 bits per heavy atom. The van der Waals surface area contributed by atoms with Gasteiger partial charge in [0.25, 0.3) is 5.91 Å². The maximum atomic E-state index is 13.9. The molecule has 0 radical (unpaired) electrons. The zero-order valence-corrected chi connectivity index (χ0v) is 20.2. The molecule has 186 valence electrons. The standard InChI is InChI=1S/C26H23F2N3O4S/c1-16(32)35-25-21(33)10-11-30-24(25)26(34)29(18(12-27)13-28)15-31(30)23-19-7-3-2-6-17(19)14-36-22-9-5-4-8-20(22)23/h2-11,18,23H,12-15H2,1H3. The van der Waals surface area contributed by atoms with Crippen LogP contribution in [-0.2, 0) is 10.5 Å². The lowest BCUT2D eigenvalue weighted by molar-refractivity contribution is -0.132. The van der Waals surface area contributed by atoms with Crippen LogP contribution < -0.4 is 15.2 Å². The van der Waals surface area contributed by atoms with E-state index < -0.39 is 48.5 Å². The lowest BCUT2D eigenvalue weighted by Crippen LogP contribution is -2.59. The molecule has 10 heteroatoms. The van der Waals surface area contributed by atoms with E-state index in [4.69, 9.17) is 4.74 Å². The van der Waals surface area contributed by atoms with Crippen LogP contribution in [-0.4, -0.2) is 47.5 Å². The molecule has 0 N–H and O–H groups in total. The maximum Gasteiger partial charge on any atom is 0.308 e. The molecule has 36 heavy (non-hydrogen) atoms. The zero-order chi connectivity index (χ0) is 25.4. The van der Waals surface area contributed by atoms with Crippen molar-refractivity contribution in [3.8, 4) is 5.75 Å². The fraction of sp³-hybridized carbons (Fsp3) is 0.269. The van der Waals surface area contributed by atoms with Gasteiger partial charge in [-0.2, -0.15) is 0 Å². The van der Waals surface area contributed by atoms with Gasteiger partial charge in [-0.1, -0.05) is 42.5 Å². The van der Waals surface area contributed by atoms with E-state index in [1.54, 1.807) is 16.8 Å². The van der Waals surface area contributed by atoms with Gasteiger partial charge in [-0.25, -0.2) is 8.78 Å². The molecule has 1 aromatic heterocycles. The molecule has 0 saturated carbocycles. The summed E-state index contributed by atoms with van der Waals surface area (Å²) in [5.41, 5.74) is 2.04. The molecule has 5 rings (SSSR count). The van der Waals surface area contributed by atoms with Crippen LogP contribution in [0.3, 0.4) is 0 Å². The molecule has 1 unspecified atom stereocenters. The number of rotatable bonds is 5. The van der Waals surface area contributed by atoms with Gasteiger partial charge in [0.05, 0.1) is 12.1 Å². The number of amides is 1. The van der Waals surface area contributed by atoms with Crippen LogP contribution >= 0.6 is 11.8 Å². The molecule has 7 nitrogen and oxygen atoms in total. The summed E-state index contributed by atoms with van der Waals surface area (Å²) < 4.78 is 34.4. The number of alkyl halides is 2. The van der Waals surface area contributed by atoms with Gasteiger partial charge in [0.15, 0.2) is 5.69 Å². The number of carbonyl (C=O) groups is 2. The number of ether oxygens (including phenoxy) is 1. The minimum Gasteiger partial charge on any atom is -0.420 e. The quantitative estimate of drug-likeness (QED) is 0.485. The first kappa shape index (κ1) is 24.1. The van der Waals surface area contributed by atoms with Crippen LogP contribution in [0.4, 0.5) is 8.78 Å². The fourth-order valence-corrected chi connectivity index (χ4v) is 5.79. The first-order chi connectivity index (χ1) is 17.4. The summed E-state index contributed by atoms with van der Waals surface area (Å²) in [5.74, 6) is -1.32. The lowest BCUT2D eigenvalue weighted by Gasteiger charge is -2.45. The van der Waals surface area contributed by atoms with Gasteiger partial charge in [0.2, 0.25) is 11.2 Å². The number of halogens is 2. The highest BCUT2D eigenvalue weighted by Gasteiger charge is 2.41. The first-order valence-electron chi connectivity index (χ1n) is 11.4. The number of hydrogen-bond acceptors (Lipinski definition) is 6. The van der Waals surface area contributed by atoms with E-state index in [2.05, 4.69) is 0 Å². The second-order valence-electron chi connectivity index (χ2n) is 8.54. The van der Waals surface area contributed by atoms with Gasteiger partial charge in [-0.3, -0.25) is 24.1 Å². The van der Waals surface area contributed by atoms with E-state index in [1.807, 2.05) is 48.5 Å². The number of benzene rings is 2. The average molecular weight is 512 g/mol. The van der Waals surface area contributed by atoms with Crippen LogP contribution in [0.15, 0.2) is 70.5 Å². The highest BCUT2D eigenvalue weighted by atomic mass is 32.2. The van der Waals surface area contributed by atoms with Crippen molar-refractivity contribution < 1.29 is 23.1 Å². The Morgan fingerprint density at radius 3 is 2.47 bits per heavy atom. The van der Waals surface area contributed by atoms with Crippen molar-refractivity contribution in [2.24, 2.45) is 0 Å². The molecule has 0 fully saturated rings. The van der Waals surface area contributed by atoms with Crippen molar-refractivity contribution in [3.63, 3.8) is 0 Å². The SMILES string of the molecule is CC(=O)Oc1c2n(ccc1=O)N(C1c3ccccc3CSc3ccccc31)CN(C(CF)CF)C2=O. The Balaban J connectivity index is 1.79. The van der Waals surface area contributed by atoms with E-state index in [1.165, 1.54) is 16.9 Å². The predicted molar refractivity (Wildman–Crippen MR) is 131 cm³/mol. The summed E-state index contributed by atoms with van der Waals surface area (Å²) >= 11 is 1.68. The van der Waals surface area contributed by atoms with Crippen molar-refractivity contribution in [2.45, 2.75) is 29.7 Å². The molecule has 1 amide bonds. The molecule has 3 heterocycles. The summed E-state index contributed by atoms with van der Waals surface area (Å²) in [5, 5.41) is 1.78. The Bertz CT molecular complexity index is 1340. The molecule has 0 spiro atoms. The number of aromatic nitrogens is 1. The molecule has 2 aliphatic rings. The van der Waals surface area contributed by atoms with Gasteiger partial charge in [-0.05, 0) is 22.8 Å². The summed E-state index contributed by atoms with van der Waals surface area (Å²) in [4.78, 5) is 40.1. The second-order valence-corrected chi connectivity index (χ2v) is 9.56. The number of nitrogens with zero attached hydrogens (tertiary/aromatic N) is 3. The maximum absolute atomic E-state index is 13.9. The van der Waals surface area contributed by atoms with Crippen LogP contribution in [0.1, 0.15) is 40.1 Å². The summed E-state index contributed by atoms with van der Waals surface area (Å²) in [6.07, 6.45) is 1.43. The molecule has 1 atom stereocenters. The van der Waals surface area contributed by atoms with Crippen molar-refractivity contribution in [2.75, 3.05) is 25.0 Å². The summed E-state index contributed by atoms with van der Waals surface area (Å²) in [6.45, 7) is -1.24. The third-order valence-electron chi connectivity index (χ3n) is 6.36. The zero-order valence-electron chi connectivity index (χ0n) is 19.4. The lowest BCUT2D eigenvalue weighted by atomic mass is 9.94. The minimum absolute atomic E-state index is 0.148. The van der Waals surface area contributed by atoms with Crippen LogP contribution in [0.25, 0.3) is 0 Å². The molecular weight excluding hydrogens is 488 g/mol. The number of pyridine rings is 1. The Labute approximate surface area is 210 Å². The van der Waals surface area contributed by atoms with Crippen molar-refractivity contribution >= 4 is 23.6 Å². The van der Waals surface area contributed by atoms with Gasteiger partial charge >= 0.3 is 5.97 Å². The van der Waals surface area contributed by atoms with E-state index in [0.29, 0.717) is 5.75 Å². The van der Waals surface area contributed by atoms with Crippen molar-refractivity contribution in [1.29, 1.82) is 0 Å². The highest BCUT2D eigenvalue weighted by Crippen LogP contribution is 2.43. The van der Waals surface area contributed by atoms with Crippen LogP contribution in [0.2, 0.25) is 0 Å². The van der Waals surface area contributed by atoms with Crippen molar-refractivity contribution in [1.82, 2.24) is 9.58 Å². The molecule has 0 bridgehead atoms. The normalized spacial score (nSPS) is 16.8. The molecular formula is C26H23F2N3O4S. The third-order valence-corrected chi connectivity index (χ3v) is 7.50. The number of hydrogen-bond donors (Lipinski definition) is 0. The smallest absolute Gasteiger partial charge is 0.308 e. The van der Waals surface area contributed by atoms with E-state index in [9.17, 15) is 23.2 Å². The van der Waals surface area contributed by atoms with E-state index in [0.717, 1.165) is 33.4 Å². The third kappa shape index (κ3) is 4.05. The van der Waals surface area contributed by atoms with Gasteiger partial charge in [-0.15, -0.1) is 11.8 Å². The Hall–Kier alpha value is -3.66. The molecule has 2 aliphatic heterocycles. The van der Waals surface area contributed by atoms with Gasteiger partial charge in [0.1, 0.15) is 20.0 Å². The molecule has 3 aromatic rings. The summed E-state index contributed by atoms with van der Waals surface area (Å²) in [7, 11) is 0. The fourth-order valence-electron chi connectivity index (χ4n) is 4.69. The average Bonchev–Trinajstić information content (AvgIpc) is 3.04. The second kappa shape index (κ2) is 9.77. The van der Waals surface area contributed by atoms with Crippen LogP contribution in [0.5, 0.6) is 5.75 Å². The minimum atomic E-state index is -1.36. The van der Waals surface area contributed by atoms with E-state index in [-0.39, 0.29) is 12.4 Å². The van der Waals surface area contributed by atoms with Crippen LogP contribution in [0, 0.1) is 0 Å². The molecule has 0 aliphatic carbocycles. The van der Waals surface area contributed by atoms with Gasteiger partial charge < -0.3 is 9.64 Å². The Kier molecular flexibility index (Phi) is 6.53. The number of esters is 1. The number of carbonyl (C=O) groups excluding carboxylic acids is 2. The molecule has 0 saturated heterocycles. The number of fused-ring (bicyclic) bond motifs is 3. The first-order valence-corrected chi connectivity index (χ1v) is 12.4. The molecule has 2 aromatic carbocycles. The topological polar surface area (TPSA) is 71.8 Å². The number of thioether (sulfide) groups is 1.